The van der Waals surface area contributed by atoms with Gasteiger partial charge in [0.05, 0.1) is 0 Å². The molecule has 1 aliphatic heterocycles. The van der Waals surface area contributed by atoms with Crippen LogP contribution in [0, 0.1) is 0 Å². The van der Waals surface area contributed by atoms with Gasteiger partial charge in [-0.25, -0.2) is 4.79 Å². The molecular weight excluding hydrogens is 386 g/mol. The molecule has 0 atom stereocenters. The molecular formula is C26H41N3O2. The molecule has 3 rings (SSSR count). The van der Waals surface area contributed by atoms with Gasteiger partial charge in [0.2, 0.25) is 0 Å². The van der Waals surface area contributed by atoms with Crippen molar-refractivity contribution < 1.29 is 9.53 Å². The van der Waals surface area contributed by atoms with E-state index in [1.54, 1.807) is 0 Å². The molecule has 1 aliphatic rings. The molecule has 2 N–H and O–H groups in total. The predicted molar refractivity (Wildman–Crippen MR) is 129 cm³/mol. The number of nitrogens with zero attached hydrogens (tertiary/aromatic N) is 1. The number of carbonyl (C=O) groups excluding carboxylic acids is 1. The van der Waals surface area contributed by atoms with Gasteiger partial charge in [0, 0.05) is 23.6 Å². The second kappa shape index (κ2) is 11.6. The summed E-state index contributed by atoms with van der Waals surface area (Å²) in [5.74, 6) is 0.696. The highest BCUT2D eigenvalue weighted by Crippen LogP contribution is 2.33. The normalized spacial score (nSPS) is 16.0. The molecule has 2 heterocycles. The molecule has 5 heteroatoms. The van der Waals surface area contributed by atoms with Crippen LogP contribution in [-0.2, 0) is 4.74 Å². The Morgan fingerprint density at radius 3 is 2.48 bits per heavy atom. The van der Waals surface area contributed by atoms with Crippen LogP contribution in [0.5, 0.6) is 0 Å². The summed E-state index contributed by atoms with van der Waals surface area (Å²) < 4.78 is 5.25. The number of fused-ring (bicyclic) bond motifs is 1. The molecule has 31 heavy (non-hydrogen) atoms. The number of unbranched alkanes of at least 4 members (excludes halogenated alkanes) is 5. The highest BCUT2D eigenvalue weighted by molar-refractivity contribution is 5.83. The number of piperidine rings is 1. The molecule has 0 radical (unpaired) electrons. The van der Waals surface area contributed by atoms with Crippen LogP contribution < -0.4 is 5.32 Å². The predicted octanol–water partition coefficient (Wildman–Crippen LogP) is 6.21. The monoisotopic (exact) mass is 427 g/mol. The zero-order valence-electron chi connectivity index (χ0n) is 19.7. The first kappa shape index (κ1) is 23.6. The number of likely N-dealkylation sites (tertiary alicyclic amines) is 1. The number of H-pyrrole nitrogens is 1. The first-order valence-electron chi connectivity index (χ1n) is 12.2. The van der Waals surface area contributed by atoms with Crippen molar-refractivity contribution in [3.63, 3.8) is 0 Å². The van der Waals surface area contributed by atoms with Gasteiger partial charge in [-0.05, 0) is 83.6 Å². The Morgan fingerprint density at radius 2 is 1.74 bits per heavy atom. The fourth-order valence-electron chi connectivity index (χ4n) is 4.57. The van der Waals surface area contributed by atoms with Crippen LogP contribution in [0.3, 0.4) is 0 Å². The quantitative estimate of drug-likeness (QED) is 0.443. The van der Waals surface area contributed by atoms with Gasteiger partial charge in [0.25, 0.3) is 0 Å². The van der Waals surface area contributed by atoms with Crippen LogP contribution >= 0.6 is 0 Å². The minimum Gasteiger partial charge on any atom is -0.444 e. The standard InChI is InChI=1S/C26H41N3O2/c1-26(2,3)31-25(30)27-16-10-6-4-5-7-11-17-29-18-14-21(15-19-29)23-20-28-24-13-9-8-12-22(23)24/h8-9,12-13,20-21,28H,4-7,10-11,14-19H2,1-3H3,(H,27,30). The Morgan fingerprint density at radius 1 is 1.06 bits per heavy atom. The molecule has 0 bridgehead atoms. The van der Waals surface area contributed by atoms with E-state index in [1.807, 2.05) is 20.8 Å². The van der Waals surface area contributed by atoms with Crippen LogP contribution in [0.2, 0.25) is 0 Å². The van der Waals surface area contributed by atoms with E-state index < -0.39 is 5.60 Å². The topological polar surface area (TPSA) is 57.4 Å². The largest absolute Gasteiger partial charge is 0.444 e. The third-order valence-electron chi connectivity index (χ3n) is 6.22. The summed E-state index contributed by atoms with van der Waals surface area (Å²) >= 11 is 0. The van der Waals surface area contributed by atoms with Crippen molar-refractivity contribution in [3.05, 3.63) is 36.0 Å². The average molecular weight is 428 g/mol. The minimum absolute atomic E-state index is 0.305. The molecule has 0 aliphatic carbocycles. The third-order valence-corrected chi connectivity index (χ3v) is 6.22. The van der Waals surface area contributed by atoms with Gasteiger partial charge in [0.1, 0.15) is 5.60 Å². The lowest BCUT2D eigenvalue weighted by molar-refractivity contribution is 0.0527. The maximum Gasteiger partial charge on any atom is 0.407 e. The van der Waals surface area contributed by atoms with Crippen LogP contribution in [0.25, 0.3) is 10.9 Å². The Hall–Kier alpha value is -2.01. The number of alkyl carbamates (subject to hydrolysis) is 1. The van der Waals surface area contributed by atoms with Crippen LogP contribution in [0.1, 0.15) is 83.6 Å². The maximum absolute atomic E-state index is 11.6. The molecule has 1 amide bonds. The Balaban J connectivity index is 1.20. The van der Waals surface area contributed by atoms with Gasteiger partial charge >= 0.3 is 6.09 Å². The minimum atomic E-state index is -0.421. The number of hydrogen-bond donors (Lipinski definition) is 2. The lowest BCUT2D eigenvalue weighted by Crippen LogP contribution is -2.33. The second-order valence-corrected chi connectivity index (χ2v) is 9.96. The molecule has 172 valence electrons. The number of benzene rings is 1. The van der Waals surface area contributed by atoms with Gasteiger partial charge in [-0.2, -0.15) is 0 Å². The number of ether oxygens (including phenoxy) is 1. The van der Waals surface area contributed by atoms with E-state index in [4.69, 9.17) is 4.74 Å². The molecule has 0 unspecified atom stereocenters. The highest BCUT2D eigenvalue weighted by atomic mass is 16.6. The summed E-state index contributed by atoms with van der Waals surface area (Å²) in [7, 11) is 0. The summed E-state index contributed by atoms with van der Waals surface area (Å²) in [6.07, 6.45) is 11.8. The van der Waals surface area contributed by atoms with E-state index in [1.165, 1.54) is 81.0 Å². The lowest BCUT2D eigenvalue weighted by atomic mass is 9.89. The molecule has 0 saturated carbocycles. The zero-order chi connectivity index (χ0) is 22.1. The fraction of sp³-hybridized carbons (Fsp3) is 0.654. The van der Waals surface area contributed by atoms with Gasteiger partial charge in [-0.1, -0.05) is 43.9 Å². The summed E-state index contributed by atoms with van der Waals surface area (Å²) in [5, 5.41) is 4.24. The number of amides is 1. The molecule has 1 fully saturated rings. The molecule has 0 spiro atoms. The summed E-state index contributed by atoms with van der Waals surface area (Å²) in [6, 6.07) is 8.67. The maximum atomic E-state index is 11.6. The van der Waals surface area contributed by atoms with Gasteiger partial charge < -0.3 is 19.9 Å². The number of aromatic nitrogens is 1. The molecule has 1 aromatic carbocycles. The lowest BCUT2D eigenvalue weighted by Gasteiger charge is -2.32. The summed E-state index contributed by atoms with van der Waals surface area (Å²) in [4.78, 5) is 17.7. The third kappa shape index (κ3) is 7.88. The van der Waals surface area contributed by atoms with Crippen LogP contribution in [0.4, 0.5) is 4.79 Å². The van der Waals surface area contributed by atoms with Gasteiger partial charge in [0.15, 0.2) is 0 Å². The van der Waals surface area contributed by atoms with Gasteiger partial charge in [-0.3, -0.25) is 0 Å². The van der Waals surface area contributed by atoms with E-state index >= 15 is 0 Å². The number of carbonyl (C=O) groups is 1. The first-order valence-corrected chi connectivity index (χ1v) is 12.2. The van der Waals surface area contributed by atoms with E-state index in [2.05, 4.69) is 45.7 Å². The molecule has 5 nitrogen and oxygen atoms in total. The number of aromatic amines is 1. The van der Waals surface area contributed by atoms with Crippen LogP contribution in [0.15, 0.2) is 30.5 Å². The number of nitrogens with one attached hydrogen (secondary N) is 2. The summed E-state index contributed by atoms with van der Waals surface area (Å²) in [6.45, 7) is 10.1. The molecule has 1 aromatic heterocycles. The van der Waals surface area contributed by atoms with Crippen LogP contribution in [-0.4, -0.2) is 47.8 Å². The van der Waals surface area contributed by atoms with Crippen molar-refractivity contribution in [2.45, 2.75) is 83.7 Å². The highest BCUT2D eigenvalue weighted by Gasteiger charge is 2.22. The van der Waals surface area contributed by atoms with E-state index in [9.17, 15) is 4.79 Å². The van der Waals surface area contributed by atoms with Crippen molar-refractivity contribution >= 4 is 17.0 Å². The van der Waals surface area contributed by atoms with Crippen molar-refractivity contribution in [1.82, 2.24) is 15.2 Å². The zero-order valence-corrected chi connectivity index (χ0v) is 19.7. The summed E-state index contributed by atoms with van der Waals surface area (Å²) in [5.41, 5.74) is 2.35. The van der Waals surface area contributed by atoms with Crippen molar-refractivity contribution in [3.8, 4) is 0 Å². The SMILES string of the molecule is CC(C)(C)OC(=O)NCCCCCCCCN1CCC(c2c[nH]c3ccccc23)CC1. The van der Waals surface area contributed by atoms with Crippen molar-refractivity contribution in [2.75, 3.05) is 26.2 Å². The smallest absolute Gasteiger partial charge is 0.407 e. The molecule has 1 saturated heterocycles. The van der Waals surface area contributed by atoms with E-state index in [0.29, 0.717) is 12.5 Å². The fourth-order valence-corrected chi connectivity index (χ4v) is 4.57. The average Bonchev–Trinajstić information content (AvgIpc) is 3.16. The van der Waals surface area contributed by atoms with Gasteiger partial charge in [-0.15, -0.1) is 0 Å². The number of para-hydroxylation sites is 1. The first-order chi connectivity index (χ1) is 14.9. The van der Waals surface area contributed by atoms with Crippen molar-refractivity contribution in [1.29, 1.82) is 0 Å². The Labute approximate surface area is 187 Å². The number of hydrogen-bond acceptors (Lipinski definition) is 3. The second-order valence-electron chi connectivity index (χ2n) is 9.96. The Kier molecular flexibility index (Phi) is 8.82. The number of rotatable bonds is 10. The molecule has 2 aromatic rings. The van der Waals surface area contributed by atoms with Crippen molar-refractivity contribution in [2.24, 2.45) is 0 Å². The van der Waals surface area contributed by atoms with E-state index in [-0.39, 0.29) is 6.09 Å². The Bertz CT molecular complexity index is 800. The van der Waals surface area contributed by atoms with E-state index in [0.717, 1.165) is 6.42 Å².